The van der Waals surface area contributed by atoms with Crippen molar-refractivity contribution in [3.63, 3.8) is 0 Å². The van der Waals surface area contributed by atoms with Crippen LogP contribution in [0.2, 0.25) is 0 Å². The van der Waals surface area contributed by atoms with Gasteiger partial charge >= 0.3 is 0 Å². The zero-order valence-corrected chi connectivity index (χ0v) is 17.2. The van der Waals surface area contributed by atoms with Gasteiger partial charge in [-0.25, -0.2) is 4.68 Å². The van der Waals surface area contributed by atoms with Crippen LogP contribution in [0.4, 0.5) is 5.69 Å². The molecule has 3 rings (SSSR count). The molecule has 1 heterocycles. The van der Waals surface area contributed by atoms with Crippen molar-refractivity contribution in [2.75, 3.05) is 5.32 Å². The summed E-state index contributed by atoms with van der Waals surface area (Å²) in [6, 6.07) is 20.6. The van der Waals surface area contributed by atoms with Crippen LogP contribution in [-0.2, 0) is 16.8 Å². The fraction of sp³-hybridized carbons (Fsp3) is 0.292. The molecule has 1 amide bonds. The van der Waals surface area contributed by atoms with E-state index in [0.29, 0.717) is 11.4 Å². The molecule has 5 nitrogen and oxygen atoms in total. The second-order valence-corrected chi connectivity index (χ2v) is 7.65. The number of aryl methyl sites for hydroxylation is 1. The van der Waals surface area contributed by atoms with Gasteiger partial charge in [0, 0.05) is 17.3 Å². The largest absolute Gasteiger partial charge is 0.324 e. The molecule has 3 aromatic rings. The molecule has 0 aliphatic carbocycles. The zero-order chi connectivity index (χ0) is 20.9. The van der Waals surface area contributed by atoms with Crippen molar-refractivity contribution in [2.24, 2.45) is 0 Å². The number of amides is 1. The van der Waals surface area contributed by atoms with Crippen LogP contribution in [0, 0.1) is 0 Å². The van der Waals surface area contributed by atoms with Crippen molar-refractivity contribution >= 4 is 11.6 Å². The molecular formula is C24H27N3O2. The van der Waals surface area contributed by atoms with Crippen LogP contribution in [0.3, 0.4) is 0 Å². The smallest absolute Gasteiger partial charge is 0.267 e. The third-order valence-electron chi connectivity index (χ3n) is 4.99. The van der Waals surface area contributed by atoms with E-state index in [1.54, 1.807) is 19.9 Å². The van der Waals surface area contributed by atoms with E-state index in [4.69, 9.17) is 0 Å². The predicted octanol–water partition coefficient (Wildman–Crippen LogP) is 4.63. The average Bonchev–Trinajstić information content (AvgIpc) is 2.74. The van der Waals surface area contributed by atoms with Crippen LogP contribution in [0.1, 0.15) is 39.2 Å². The highest BCUT2D eigenvalue weighted by Gasteiger charge is 2.32. The van der Waals surface area contributed by atoms with Gasteiger partial charge in [-0.05, 0) is 50.5 Å². The number of anilines is 1. The third kappa shape index (κ3) is 4.80. The molecule has 29 heavy (non-hydrogen) atoms. The number of nitrogens with zero attached hydrogens (tertiary/aromatic N) is 2. The number of carbonyl (C=O) groups is 1. The van der Waals surface area contributed by atoms with Crippen LogP contribution in [0.15, 0.2) is 71.5 Å². The zero-order valence-electron chi connectivity index (χ0n) is 17.2. The van der Waals surface area contributed by atoms with Gasteiger partial charge in [0.25, 0.3) is 11.5 Å². The Morgan fingerprint density at radius 3 is 2.34 bits per heavy atom. The first-order valence-corrected chi connectivity index (χ1v) is 9.98. The summed E-state index contributed by atoms with van der Waals surface area (Å²) in [6.07, 6.45) is 3.32. The first-order chi connectivity index (χ1) is 13.9. The first kappa shape index (κ1) is 20.5. The fourth-order valence-electron chi connectivity index (χ4n) is 3.09. The molecule has 0 fully saturated rings. The predicted molar refractivity (Wildman–Crippen MR) is 117 cm³/mol. The number of hydrogen-bond acceptors (Lipinski definition) is 3. The maximum atomic E-state index is 13.0. The molecule has 1 aromatic heterocycles. The van der Waals surface area contributed by atoms with Crippen molar-refractivity contribution in [1.82, 2.24) is 9.78 Å². The Morgan fingerprint density at radius 2 is 1.69 bits per heavy atom. The van der Waals surface area contributed by atoms with Gasteiger partial charge < -0.3 is 5.32 Å². The van der Waals surface area contributed by atoms with Crippen molar-refractivity contribution in [1.29, 1.82) is 0 Å². The number of rotatable bonds is 7. The molecule has 0 saturated heterocycles. The van der Waals surface area contributed by atoms with Gasteiger partial charge in [-0.1, -0.05) is 55.8 Å². The lowest BCUT2D eigenvalue weighted by Crippen LogP contribution is -2.47. The molecule has 0 saturated carbocycles. The van der Waals surface area contributed by atoms with E-state index in [0.717, 1.165) is 24.8 Å². The lowest BCUT2D eigenvalue weighted by molar-refractivity contribution is -0.123. The van der Waals surface area contributed by atoms with E-state index in [2.05, 4.69) is 17.3 Å². The van der Waals surface area contributed by atoms with Gasteiger partial charge in [-0.3, -0.25) is 9.59 Å². The summed E-state index contributed by atoms with van der Waals surface area (Å²) in [5, 5.41) is 7.38. The Bertz CT molecular complexity index is 1020. The van der Waals surface area contributed by atoms with E-state index in [-0.39, 0.29) is 11.5 Å². The number of benzene rings is 2. The molecular weight excluding hydrogens is 362 g/mol. The van der Waals surface area contributed by atoms with Gasteiger partial charge in [-0.2, -0.15) is 5.10 Å². The highest BCUT2D eigenvalue weighted by molar-refractivity contribution is 5.96. The third-order valence-corrected chi connectivity index (χ3v) is 4.99. The second-order valence-electron chi connectivity index (χ2n) is 7.65. The maximum Gasteiger partial charge on any atom is 0.267 e. The van der Waals surface area contributed by atoms with E-state index < -0.39 is 5.54 Å². The van der Waals surface area contributed by atoms with Crippen LogP contribution >= 0.6 is 0 Å². The first-order valence-electron chi connectivity index (χ1n) is 9.98. The summed E-state index contributed by atoms with van der Waals surface area (Å²) in [4.78, 5) is 25.5. The highest BCUT2D eigenvalue weighted by Crippen LogP contribution is 2.20. The minimum Gasteiger partial charge on any atom is -0.324 e. The molecule has 0 atom stereocenters. The van der Waals surface area contributed by atoms with Crippen LogP contribution in [0.5, 0.6) is 0 Å². The topological polar surface area (TPSA) is 64.0 Å². The van der Waals surface area contributed by atoms with Gasteiger partial charge in [0.2, 0.25) is 0 Å². The minimum absolute atomic E-state index is 0.293. The summed E-state index contributed by atoms with van der Waals surface area (Å²) in [6.45, 7) is 5.56. The summed E-state index contributed by atoms with van der Waals surface area (Å²) >= 11 is 0. The number of nitrogens with one attached hydrogen (secondary N) is 1. The normalized spacial score (nSPS) is 11.3. The van der Waals surface area contributed by atoms with Crippen molar-refractivity contribution in [3.8, 4) is 11.3 Å². The lowest BCUT2D eigenvalue weighted by atomic mass is 10.0. The highest BCUT2D eigenvalue weighted by atomic mass is 16.2. The Kier molecular flexibility index (Phi) is 6.27. The Hall–Kier alpha value is -3.21. The summed E-state index contributed by atoms with van der Waals surface area (Å²) in [7, 11) is 0. The maximum absolute atomic E-state index is 13.0. The van der Waals surface area contributed by atoms with Crippen LogP contribution < -0.4 is 10.9 Å². The minimum atomic E-state index is -1.15. The molecule has 0 radical (unpaired) electrons. The lowest BCUT2D eigenvalue weighted by Gasteiger charge is -2.25. The standard InChI is InChI=1S/C24H27N3O2/c1-4-5-9-18-12-14-20(15-13-18)25-23(29)24(2,3)27-22(28)17-16-21(26-27)19-10-7-6-8-11-19/h6-8,10-17H,4-5,9H2,1-3H3,(H,25,29). The second kappa shape index (κ2) is 8.86. The fourth-order valence-corrected chi connectivity index (χ4v) is 3.09. The Balaban J connectivity index is 1.82. The molecule has 1 N–H and O–H groups in total. The van der Waals surface area contributed by atoms with Gasteiger partial charge in [0.15, 0.2) is 0 Å². The molecule has 0 unspecified atom stereocenters. The Morgan fingerprint density at radius 1 is 1.00 bits per heavy atom. The average molecular weight is 389 g/mol. The molecule has 0 aliphatic rings. The van der Waals surface area contributed by atoms with E-state index in [1.165, 1.54) is 16.3 Å². The molecule has 0 bridgehead atoms. The number of carbonyl (C=O) groups excluding carboxylic acids is 1. The summed E-state index contributed by atoms with van der Waals surface area (Å²) in [5.74, 6) is -0.293. The molecule has 2 aromatic carbocycles. The van der Waals surface area contributed by atoms with E-state index >= 15 is 0 Å². The van der Waals surface area contributed by atoms with Crippen LogP contribution in [-0.4, -0.2) is 15.7 Å². The number of unbranched alkanes of at least 4 members (excludes halogenated alkanes) is 1. The van der Waals surface area contributed by atoms with Crippen molar-refractivity contribution in [3.05, 3.63) is 82.6 Å². The van der Waals surface area contributed by atoms with E-state index in [9.17, 15) is 9.59 Å². The number of hydrogen-bond donors (Lipinski definition) is 1. The van der Waals surface area contributed by atoms with Gasteiger partial charge in [0.1, 0.15) is 5.54 Å². The molecule has 150 valence electrons. The van der Waals surface area contributed by atoms with Crippen molar-refractivity contribution < 1.29 is 4.79 Å². The monoisotopic (exact) mass is 389 g/mol. The SMILES string of the molecule is CCCCc1ccc(NC(=O)C(C)(C)n2nc(-c3ccccc3)ccc2=O)cc1. The van der Waals surface area contributed by atoms with Crippen LogP contribution in [0.25, 0.3) is 11.3 Å². The van der Waals surface area contributed by atoms with Crippen molar-refractivity contribution in [2.45, 2.75) is 45.6 Å². The Labute approximate surface area is 171 Å². The number of aromatic nitrogens is 2. The van der Waals surface area contributed by atoms with Gasteiger partial charge in [-0.15, -0.1) is 0 Å². The van der Waals surface area contributed by atoms with Gasteiger partial charge in [0.05, 0.1) is 5.69 Å². The summed E-state index contributed by atoms with van der Waals surface area (Å²) < 4.78 is 1.25. The molecule has 0 spiro atoms. The molecule has 0 aliphatic heterocycles. The quantitative estimate of drug-likeness (QED) is 0.641. The summed E-state index contributed by atoms with van der Waals surface area (Å²) in [5.41, 5.74) is 2.02. The molecule has 5 heteroatoms. The van der Waals surface area contributed by atoms with E-state index in [1.807, 2.05) is 54.6 Å².